The Balaban J connectivity index is 2.38. The molecule has 0 amide bonds. The molecule has 0 saturated carbocycles. The zero-order valence-corrected chi connectivity index (χ0v) is 12.6. The van der Waals surface area contributed by atoms with Gasteiger partial charge in [0.15, 0.2) is 5.82 Å². The quantitative estimate of drug-likeness (QED) is 0.598. The minimum Gasteiger partial charge on any atom is -0.469 e. The van der Waals surface area contributed by atoms with Crippen molar-refractivity contribution >= 4 is 16.2 Å². The molecule has 1 rings (SSSR count). The van der Waals surface area contributed by atoms with Gasteiger partial charge >= 0.3 is 5.97 Å². The lowest BCUT2D eigenvalue weighted by Gasteiger charge is -2.16. The lowest BCUT2D eigenvalue weighted by atomic mass is 10.4. The molecule has 1 aromatic rings. The van der Waals surface area contributed by atoms with Crippen molar-refractivity contribution in [3.8, 4) is 0 Å². The standard InChI is InChI=1S/C10H19N5O4S/c1-14-8-11-9(13-14)4-6-12-20(17,18)15(2)7-5-10(16)19-3/h8,12H,4-7H2,1-3H3. The van der Waals surface area contributed by atoms with Crippen molar-refractivity contribution in [3.05, 3.63) is 12.2 Å². The summed E-state index contributed by atoms with van der Waals surface area (Å²) in [4.78, 5) is 15.0. The predicted molar refractivity (Wildman–Crippen MR) is 70.9 cm³/mol. The first-order valence-electron chi connectivity index (χ1n) is 5.97. The van der Waals surface area contributed by atoms with E-state index in [2.05, 4.69) is 19.5 Å². The predicted octanol–water partition coefficient (Wildman–Crippen LogP) is -1.31. The van der Waals surface area contributed by atoms with E-state index in [-0.39, 0.29) is 19.5 Å². The number of hydrogen-bond donors (Lipinski definition) is 1. The molecule has 0 atom stereocenters. The van der Waals surface area contributed by atoms with Crippen molar-refractivity contribution < 1.29 is 17.9 Å². The molecule has 0 spiro atoms. The number of ether oxygens (including phenoxy) is 1. The first kappa shape index (κ1) is 16.5. The third-order valence-electron chi connectivity index (χ3n) is 2.55. The Kier molecular flexibility index (Phi) is 6.05. The van der Waals surface area contributed by atoms with Crippen LogP contribution in [0.3, 0.4) is 0 Å². The summed E-state index contributed by atoms with van der Waals surface area (Å²) in [5.74, 6) is 0.108. The highest BCUT2D eigenvalue weighted by Crippen LogP contribution is 1.97. The fourth-order valence-electron chi connectivity index (χ4n) is 1.37. The van der Waals surface area contributed by atoms with Crippen LogP contribution < -0.4 is 4.72 Å². The van der Waals surface area contributed by atoms with Crippen LogP contribution >= 0.6 is 0 Å². The summed E-state index contributed by atoms with van der Waals surface area (Å²) in [5, 5.41) is 4.04. The molecule has 1 N–H and O–H groups in total. The molecule has 0 aliphatic heterocycles. The molecule has 0 aliphatic rings. The van der Waals surface area contributed by atoms with E-state index in [4.69, 9.17) is 0 Å². The maximum absolute atomic E-state index is 11.8. The second kappa shape index (κ2) is 7.31. The van der Waals surface area contributed by atoms with E-state index in [9.17, 15) is 13.2 Å². The number of aryl methyl sites for hydroxylation is 1. The van der Waals surface area contributed by atoms with Gasteiger partial charge in [0.25, 0.3) is 10.2 Å². The van der Waals surface area contributed by atoms with Crippen molar-refractivity contribution in [3.63, 3.8) is 0 Å². The molecule has 0 radical (unpaired) electrons. The molecule has 0 bridgehead atoms. The zero-order valence-electron chi connectivity index (χ0n) is 11.7. The third-order valence-corrected chi connectivity index (χ3v) is 4.12. The van der Waals surface area contributed by atoms with Gasteiger partial charge in [0.05, 0.1) is 13.5 Å². The Hall–Kier alpha value is -1.52. The van der Waals surface area contributed by atoms with Crippen LogP contribution in [-0.2, 0) is 33.2 Å². The smallest absolute Gasteiger partial charge is 0.306 e. The zero-order chi connectivity index (χ0) is 15.2. The topological polar surface area (TPSA) is 106 Å². The van der Waals surface area contributed by atoms with E-state index in [1.807, 2.05) is 0 Å². The van der Waals surface area contributed by atoms with Gasteiger partial charge in [-0.15, -0.1) is 0 Å². The summed E-state index contributed by atoms with van der Waals surface area (Å²) in [5.41, 5.74) is 0. The number of hydrogen-bond acceptors (Lipinski definition) is 6. The molecule has 0 aliphatic carbocycles. The van der Waals surface area contributed by atoms with Crippen LogP contribution in [0.25, 0.3) is 0 Å². The van der Waals surface area contributed by atoms with Crippen LogP contribution in [0.5, 0.6) is 0 Å². The molecule has 0 unspecified atom stereocenters. The molecule has 0 saturated heterocycles. The summed E-state index contributed by atoms with van der Waals surface area (Å²) in [6, 6.07) is 0. The highest BCUT2D eigenvalue weighted by atomic mass is 32.2. The second-order valence-electron chi connectivity index (χ2n) is 4.13. The van der Waals surface area contributed by atoms with Gasteiger partial charge < -0.3 is 4.74 Å². The fraction of sp³-hybridized carbons (Fsp3) is 0.700. The summed E-state index contributed by atoms with van der Waals surface area (Å²) < 4.78 is 33.2. The number of carbonyl (C=O) groups excluding carboxylic acids is 1. The van der Waals surface area contributed by atoms with Gasteiger partial charge in [-0.3, -0.25) is 9.48 Å². The minimum absolute atomic E-state index is 0.00963. The van der Waals surface area contributed by atoms with Gasteiger partial charge in [0, 0.05) is 33.6 Å². The molecule has 10 heteroatoms. The fourth-order valence-corrected chi connectivity index (χ4v) is 2.28. The number of nitrogens with one attached hydrogen (secondary N) is 1. The molecule has 0 fully saturated rings. The van der Waals surface area contributed by atoms with Crippen LogP contribution in [-0.4, -0.2) is 60.7 Å². The first-order chi connectivity index (χ1) is 9.35. The Labute approximate surface area is 118 Å². The van der Waals surface area contributed by atoms with E-state index in [1.54, 1.807) is 18.1 Å². The van der Waals surface area contributed by atoms with E-state index in [1.165, 1.54) is 14.2 Å². The Morgan fingerprint density at radius 3 is 2.80 bits per heavy atom. The number of aromatic nitrogens is 3. The summed E-state index contributed by atoms with van der Waals surface area (Å²) in [7, 11) is 0.775. The lowest BCUT2D eigenvalue weighted by molar-refractivity contribution is -0.140. The van der Waals surface area contributed by atoms with E-state index in [0.29, 0.717) is 12.2 Å². The van der Waals surface area contributed by atoms with Crippen LogP contribution in [0.15, 0.2) is 6.33 Å². The van der Waals surface area contributed by atoms with Gasteiger partial charge in [-0.05, 0) is 0 Å². The molecule has 0 aromatic carbocycles. The van der Waals surface area contributed by atoms with Crippen molar-refractivity contribution in [2.75, 3.05) is 27.2 Å². The third kappa shape index (κ3) is 5.23. The molecular weight excluding hydrogens is 286 g/mol. The number of esters is 1. The molecule has 9 nitrogen and oxygen atoms in total. The van der Waals surface area contributed by atoms with Crippen LogP contribution in [0.1, 0.15) is 12.2 Å². The summed E-state index contributed by atoms with van der Waals surface area (Å²) in [6.45, 7) is 0.249. The molecular formula is C10H19N5O4S. The number of methoxy groups -OCH3 is 1. The van der Waals surface area contributed by atoms with Crippen LogP contribution in [0.2, 0.25) is 0 Å². The van der Waals surface area contributed by atoms with Crippen molar-refractivity contribution in [2.45, 2.75) is 12.8 Å². The van der Waals surface area contributed by atoms with Gasteiger partial charge in [-0.2, -0.15) is 17.8 Å². The first-order valence-corrected chi connectivity index (χ1v) is 7.41. The molecule has 1 heterocycles. The largest absolute Gasteiger partial charge is 0.469 e. The average Bonchev–Trinajstić information content (AvgIpc) is 2.80. The van der Waals surface area contributed by atoms with E-state index < -0.39 is 16.2 Å². The second-order valence-corrected chi connectivity index (χ2v) is 5.99. The van der Waals surface area contributed by atoms with Gasteiger partial charge in [-0.1, -0.05) is 0 Å². The maximum atomic E-state index is 11.8. The molecule has 20 heavy (non-hydrogen) atoms. The van der Waals surface area contributed by atoms with Crippen molar-refractivity contribution in [1.82, 2.24) is 23.8 Å². The van der Waals surface area contributed by atoms with E-state index >= 15 is 0 Å². The van der Waals surface area contributed by atoms with Crippen LogP contribution in [0.4, 0.5) is 0 Å². The number of nitrogens with zero attached hydrogens (tertiary/aromatic N) is 4. The summed E-state index contributed by atoms with van der Waals surface area (Å²) in [6.07, 6.45) is 1.95. The van der Waals surface area contributed by atoms with Gasteiger partial charge in [0.1, 0.15) is 6.33 Å². The number of rotatable bonds is 8. The Bertz CT molecular complexity index is 542. The van der Waals surface area contributed by atoms with Crippen molar-refractivity contribution in [2.24, 2.45) is 7.05 Å². The van der Waals surface area contributed by atoms with Gasteiger partial charge in [-0.25, -0.2) is 9.71 Å². The highest BCUT2D eigenvalue weighted by Gasteiger charge is 2.18. The highest BCUT2D eigenvalue weighted by molar-refractivity contribution is 7.87. The molecule has 1 aromatic heterocycles. The monoisotopic (exact) mass is 305 g/mol. The van der Waals surface area contributed by atoms with E-state index in [0.717, 1.165) is 4.31 Å². The summed E-state index contributed by atoms with van der Waals surface area (Å²) >= 11 is 0. The van der Waals surface area contributed by atoms with Gasteiger partial charge in [0.2, 0.25) is 0 Å². The van der Waals surface area contributed by atoms with Crippen LogP contribution in [0, 0.1) is 0 Å². The maximum Gasteiger partial charge on any atom is 0.306 e. The Morgan fingerprint density at radius 2 is 2.25 bits per heavy atom. The molecule has 114 valence electrons. The number of carbonyl (C=O) groups is 1. The average molecular weight is 305 g/mol. The normalized spacial score (nSPS) is 11.8. The minimum atomic E-state index is -3.61. The SMILES string of the molecule is COC(=O)CCN(C)S(=O)(=O)NCCc1ncn(C)n1. The van der Waals surface area contributed by atoms with Crippen molar-refractivity contribution in [1.29, 1.82) is 0 Å². The Morgan fingerprint density at radius 1 is 1.55 bits per heavy atom. The lowest BCUT2D eigenvalue weighted by Crippen LogP contribution is -2.40.